The Balaban J connectivity index is 2.30. The highest BCUT2D eigenvalue weighted by molar-refractivity contribution is 5.03. The van der Waals surface area contributed by atoms with Crippen molar-refractivity contribution >= 4 is 0 Å². The Morgan fingerprint density at radius 3 is 3.00 bits per heavy atom. The summed E-state index contributed by atoms with van der Waals surface area (Å²) < 4.78 is 28.3. The van der Waals surface area contributed by atoms with Gasteiger partial charge in [0.2, 0.25) is 0 Å². The van der Waals surface area contributed by atoms with Crippen LogP contribution in [0.4, 0.5) is 8.78 Å². The van der Waals surface area contributed by atoms with Gasteiger partial charge in [-0.1, -0.05) is 0 Å². The Morgan fingerprint density at radius 1 is 1.64 bits per heavy atom. The van der Waals surface area contributed by atoms with Crippen LogP contribution in [0.5, 0.6) is 0 Å². The van der Waals surface area contributed by atoms with Gasteiger partial charge in [-0.25, -0.2) is 13.8 Å². The maximum absolute atomic E-state index is 13.4. The van der Waals surface area contributed by atoms with E-state index in [9.17, 15) is 8.78 Å². The zero-order valence-electron chi connectivity index (χ0n) is 7.79. The van der Waals surface area contributed by atoms with Gasteiger partial charge in [-0.05, 0) is 12.8 Å². The normalized spacial score (nSPS) is 25.5. The van der Waals surface area contributed by atoms with Gasteiger partial charge in [-0.15, -0.1) is 0 Å². The Kier molecular flexibility index (Phi) is 2.26. The third-order valence-corrected chi connectivity index (χ3v) is 2.77. The fourth-order valence-electron chi connectivity index (χ4n) is 2.02. The highest BCUT2D eigenvalue weighted by Crippen LogP contribution is 2.43. The third-order valence-electron chi connectivity index (χ3n) is 2.77. The molecule has 0 aliphatic heterocycles. The fraction of sp³-hybridized carbons (Fsp3) is 0.667. The smallest absolute Gasteiger partial charge is 0.268 e. The highest BCUT2D eigenvalue weighted by atomic mass is 19.3. The lowest BCUT2D eigenvalue weighted by molar-refractivity contribution is -0.0313. The van der Waals surface area contributed by atoms with Crippen molar-refractivity contribution in [3.05, 3.63) is 18.2 Å². The van der Waals surface area contributed by atoms with Crippen molar-refractivity contribution in [2.24, 2.45) is 5.73 Å². The van der Waals surface area contributed by atoms with E-state index in [0.29, 0.717) is 18.5 Å². The molecule has 0 amide bonds. The Labute approximate surface area is 80.9 Å². The van der Waals surface area contributed by atoms with E-state index in [2.05, 4.69) is 4.98 Å². The largest absolute Gasteiger partial charge is 0.325 e. The summed E-state index contributed by atoms with van der Waals surface area (Å²) >= 11 is 0. The van der Waals surface area contributed by atoms with E-state index >= 15 is 0 Å². The van der Waals surface area contributed by atoms with E-state index in [4.69, 9.17) is 5.73 Å². The van der Waals surface area contributed by atoms with E-state index in [1.54, 1.807) is 6.20 Å². The minimum Gasteiger partial charge on any atom is -0.325 e. The molecule has 1 aromatic heterocycles. The second-order valence-electron chi connectivity index (χ2n) is 3.67. The molecule has 3 nitrogen and oxygen atoms in total. The zero-order valence-corrected chi connectivity index (χ0v) is 7.79. The van der Waals surface area contributed by atoms with Gasteiger partial charge >= 0.3 is 0 Å². The first-order valence-corrected chi connectivity index (χ1v) is 4.74. The van der Waals surface area contributed by atoms with Gasteiger partial charge < -0.3 is 10.3 Å². The molecule has 0 aromatic carbocycles. The van der Waals surface area contributed by atoms with Crippen molar-refractivity contribution < 1.29 is 8.78 Å². The second-order valence-corrected chi connectivity index (χ2v) is 3.67. The molecule has 1 saturated carbocycles. The number of nitrogens with two attached hydrogens (primary N) is 1. The number of hydrogen-bond donors (Lipinski definition) is 1. The molecule has 2 N–H and O–H groups in total. The number of hydrogen-bond acceptors (Lipinski definition) is 2. The minimum absolute atomic E-state index is 0.0279. The molecule has 1 atom stereocenters. The number of aromatic nitrogens is 2. The van der Waals surface area contributed by atoms with Crippen LogP contribution in [0, 0.1) is 0 Å². The molecular formula is C9H13F2N3. The Bertz CT molecular complexity index is 322. The molecule has 0 radical (unpaired) electrons. The Hall–Kier alpha value is -0.970. The van der Waals surface area contributed by atoms with Crippen LogP contribution in [0.2, 0.25) is 0 Å². The lowest BCUT2D eigenvalue weighted by Crippen LogP contribution is -2.26. The molecule has 1 aliphatic rings. The molecular weight excluding hydrogens is 188 g/mol. The summed E-state index contributed by atoms with van der Waals surface area (Å²) in [6.45, 7) is 0.257. The first-order chi connectivity index (χ1) is 6.65. The quantitative estimate of drug-likeness (QED) is 0.791. The summed E-state index contributed by atoms with van der Waals surface area (Å²) in [6, 6.07) is -0.747. The SMILES string of the molecule is NCc1cncn1C1CCCC1(F)F. The van der Waals surface area contributed by atoms with Gasteiger partial charge in [0.1, 0.15) is 0 Å². The van der Waals surface area contributed by atoms with Crippen molar-refractivity contribution in [3.63, 3.8) is 0 Å². The molecule has 2 rings (SSSR count). The van der Waals surface area contributed by atoms with Crippen LogP contribution < -0.4 is 5.73 Å². The first kappa shape index (κ1) is 9.58. The van der Waals surface area contributed by atoms with E-state index in [1.165, 1.54) is 10.9 Å². The predicted molar refractivity (Wildman–Crippen MR) is 48.0 cm³/mol. The van der Waals surface area contributed by atoms with Crippen molar-refractivity contribution in [2.45, 2.75) is 37.8 Å². The van der Waals surface area contributed by atoms with Crippen LogP contribution in [0.1, 0.15) is 31.0 Å². The van der Waals surface area contributed by atoms with Crippen LogP contribution in [-0.4, -0.2) is 15.5 Å². The van der Waals surface area contributed by atoms with Gasteiger partial charge in [0.25, 0.3) is 5.92 Å². The van der Waals surface area contributed by atoms with E-state index in [1.807, 2.05) is 0 Å². The summed E-state index contributed by atoms with van der Waals surface area (Å²) in [5.74, 6) is -2.61. The molecule has 0 bridgehead atoms. The van der Waals surface area contributed by atoms with E-state index in [0.717, 1.165) is 0 Å². The average Bonchev–Trinajstić information content (AvgIpc) is 2.69. The molecule has 1 aliphatic carbocycles. The van der Waals surface area contributed by atoms with Gasteiger partial charge in [-0.2, -0.15) is 0 Å². The van der Waals surface area contributed by atoms with Crippen molar-refractivity contribution in [1.29, 1.82) is 0 Å². The van der Waals surface area contributed by atoms with Crippen LogP contribution in [0.25, 0.3) is 0 Å². The number of alkyl halides is 2. The molecule has 1 fully saturated rings. The minimum atomic E-state index is -2.61. The zero-order chi connectivity index (χ0) is 10.2. The van der Waals surface area contributed by atoms with Crippen LogP contribution >= 0.6 is 0 Å². The summed E-state index contributed by atoms with van der Waals surface area (Å²) in [6.07, 6.45) is 4.05. The van der Waals surface area contributed by atoms with Crippen molar-refractivity contribution in [2.75, 3.05) is 0 Å². The molecule has 78 valence electrons. The number of imidazole rings is 1. The maximum Gasteiger partial charge on any atom is 0.268 e. The second kappa shape index (κ2) is 3.31. The molecule has 1 aromatic rings. The van der Waals surface area contributed by atoms with E-state index in [-0.39, 0.29) is 13.0 Å². The van der Waals surface area contributed by atoms with Gasteiger partial charge in [-0.3, -0.25) is 0 Å². The Morgan fingerprint density at radius 2 is 2.43 bits per heavy atom. The van der Waals surface area contributed by atoms with Crippen LogP contribution in [0.3, 0.4) is 0 Å². The summed E-state index contributed by atoms with van der Waals surface area (Å²) in [4.78, 5) is 3.85. The molecule has 1 heterocycles. The molecule has 0 spiro atoms. The van der Waals surface area contributed by atoms with Crippen molar-refractivity contribution in [1.82, 2.24) is 9.55 Å². The summed E-state index contributed by atoms with van der Waals surface area (Å²) in [5.41, 5.74) is 6.12. The standard InChI is InChI=1S/C9H13F2N3/c10-9(11)3-1-2-8(9)14-6-13-5-7(14)4-12/h5-6,8H,1-4,12H2. The molecule has 14 heavy (non-hydrogen) atoms. The number of rotatable bonds is 2. The molecule has 5 heteroatoms. The lowest BCUT2D eigenvalue weighted by Gasteiger charge is -2.21. The van der Waals surface area contributed by atoms with Gasteiger partial charge in [0, 0.05) is 19.2 Å². The van der Waals surface area contributed by atoms with Crippen LogP contribution in [0.15, 0.2) is 12.5 Å². The third kappa shape index (κ3) is 1.41. The average molecular weight is 201 g/mol. The molecule has 0 saturated heterocycles. The monoisotopic (exact) mass is 201 g/mol. The highest BCUT2D eigenvalue weighted by Gasteiger charge is 2.45. The summed E-state index contributed by atoms with van der Waals surface area (Å²) in [5, 5.41) is 0. The maximum atomic E-state index is 13.4. The molecule has 1 unspecified atom stereocenters. The number of halogens is 2. The lowest BCUT2D eigenvalue weighted by atomic mass is 10.2. The van der Waals surface area contributed by atoms with Crippen molar-refractivity contribution in [3.8, 4) is 0 Å². The van der Waals surface area contributed by atoms with Gasteiger partial charge in [0.05, 0.1) is 18.1 Å². The van der Waals surface area contributed by atoms with Gasteiger partial charge in [0.15, 0.2) is 0 Å². The number of nitrogens with zero attached hydrogens (tertiary/aromatic N) is 2. The topological polar surface area (TPSA) is 43.8 Å². The summed E-state index contributed by atoms with van der Waals surface area (Å²) in [7, 11) is 0. The fourth-order valence-corrected chi connectivity index (χ4v) is 2.02. The predicted octanol–water partition coefficient (Wildman–Crippen LogP) is 1.70. The first-order valence-electron chi connectivity index (χ1n) is 4.74. The van der Waals surface area contributed by atoms with Crippen LogP contribution in [-0.2, 0) is 6.54 Å². The van der Waals surface area contributed by atoms with E-state index < -0.39 is 12.0 Å².